The summed E-state index contributed by atoms with van der Waals surface area (Å²) >= 11 is 0. The molecule has 0 unspecified atom stereocenters. The second-order valence-electron chi connectivity index (χ2n) is 8.24. The van der Waals surface area contributed by atoms with Crippen LogP contribution in [0.1, 0.15) is 45.6 Å². The Hall–Kier alpha value is -1.55. The Kier molecular flexibility index (Phi) is 4.60. The summed E-state index contributed by atoms with van der Waals surface area (Å²) < 4.78 is 0. The van der Waals surface area contributed by atoms with E-state index >= 15 is 0 Å². The van der Waals surface area contributed by atoms with Gasteiger partial charge in [0.25, 0.3) is 0 Å². The Morgan fingerprint density at radius 1 is 1.29 bits per heavy atom. The van der Waals surface area contributed by atoms with Crippen molar-refractivity contribution >= 4 is 6.03 Å². The number of benzene rings is 1. The van der Waals surface area contributed by atoms with Crippen molar-refractivity contribution in [2.24, 2.45) is 16.7 Å². The molecular weight excluding hydrogens is 300 g/mol. The fourth-order valence-corrected chi connectivity index (χ4v) is 4.84. The van der Waals surface area contributed by atoms with Crippen molar-refractivity contribution in [3.8, 4) is 0 Å². The Balaban J connectivity index is 1.68. The van der Waals surface area contributed by atoms with Gasteiger partial charge in [-0.05, 0) is 41.6 Å². The number of aliphatic hydroxyl groups is 1. The van der Waals surface area contributed by atoms with Crippen molar-refractivity contribution in [2.45, 2.75) is 52.6 Å². The lowest BCUT2D eigenvalue weighted by Gasteiger charge is -2.40. The molecule has 24 heavy (non-hydrogen) atoms. The number of hydrogen-bond donors (Lipinski definition) is 2. The minimum absolute atomic E-state index is 0.0176. The predicted octanol–water partition coefficient (Wildman–Crippen LogP) is 3.41. The zero-order valence-electron chi connectivity index (χ0n) is 15.1. The largest absolute Gasteiger partial charge is 0.395 e. The van der Waals surface area contributed by atoms with Crippen LogP contribution >= 0.6 is 0 Å². The van der Waals surface area contributed by atoms with Crippen LogP contribution < -0.4 is 5.32 Å². The molecule has 0 spiro atoms. The molecule has 0 heterocycles. The van der Waals surface area contributed by atoms with Crippen LogP contribution in [0, 0.1) is 16.7 Å². The van der Waals surface area contributed by atoms with Gasteiger partial charge in [-0.15, -0.1) is 0 Å². The van der Waals surface area contributed by atoms with Crippen LogP contribution in [0.2, 0.25) is 0 Å². The lowest BCUT2D eigenvalue weighted by Crippen LogP contribution is -2.51. The van der Waals surface area contributed by atoms with E-state index in [0.717, 1.165) is 12.0 Å². The summed E-state index contributed by atoms with van der Waals surface area (Å²) in [6, 6.07) is 10.1. The van der Waals surface area contributed by atoms with Crippen molar-refractivity contribution in [1.82, 2.24) is 10.2 Å². The van der Waals surface area contributed by atoms with Crippen LogP contribution in [-0.4, -0.2) is 35.2 Å². The molecule has 4 nitrogen and oxygen atoms in total. The first-order chi connectivity index (χ1) is 11.4. The van der Waals surface area contributed by atoms with Crippen molar-refractivity contribution in [3.63, 3.8) is 0 Å². The van der Waals surface area contributed by atoms with Crippen LogP contribution in [0.4, 0.5) is 4.79 Å². The van der Waals surface area contributed by atoms with Gasteiger partial charge >= 0.3 is 6.03 Å². The molecule has 4 heteroatoms. The molecule has 2 fully saturated rings. The molecule has 132 valence electrons. The fourth-order valence-electron chi connectivity index (χ4n) is 4.84. The number of hydrogen-bond acceptors (Lipinski definition) is 2. The molecule has 1 aromatic carbocycles. The van der Waals surface area contributed by atoms with Crippen molar-refractivity contribution in [1.29, 1.82) is 0 Å². The van der Waals surface area contributed by atoms with E-state index in [0.29, 0.717) is 19.0 Å². The summed E-state index contributed by atoms with van der Waals surface area (Å²) in [5.74, 6) is 0.702. The first kappa shape index (κ1) is 17.3. The molecule has 2 aliphatic rings. The third-order valence-corrected chi connectivity index (χ3v) is 6.97. The van der Waals surface area contributed by atoms with Gasteiger partial charge < -0.3 is 15.3 Å². The molecule has 3 rings (SSSR count). The van der Waals surface area contributed by atoms with E-state index in [1.807, 2.05) is 30.3 Å². The Bertz CT molecular complexity index is 587. The number of urea groups is 1. The molecule has 3 atom stereocenters. The van der Waals surface area contributed by atoms with Crippen LogP contribution in [0.3, 0.4) is 0 Å². The molecule has 0 radical (unpaired) electrons. The normalized spacial score (nSPS) is 30.3. The zero-order valence-corrected chi connectivity index (χ0v) is 15.1. The number of nitrogens with one attached hydrogen (secondary N) is 1. The van der Waals surface area contributed by atoms with E-state index in [1.54, 1.807) is 4.90 Å². The van der Waals surface area contributed by atoms with Gasteiger partial charge in [-0.3, -0.25) is 0 Å². The SMILES string of the molecule is CC1(C)[C@H]2CC[C@@]1(C)[C@@H](NC(=O)N(CCO)Cc1ccccc1)C2. The van der Waals surface area contributed by atoms with Crippen LogP contribution in [-0.2, 0) is 6.54 Å². The van der Waals surface area contributed by atoms with E-state index in [2.05, 4.69) is 26.1 Å². The standard InChI is InChI=1S/C20H30N2O2/c1-19(2)16-9-10-20(19,3)17(13-16)21-18(24)22(11-12-23)14-15-7-5-4-6-8-15/h4-8,16-17,23H,9-14H2,1-3H3,(H,21,24)/t16-,17-,20-/m0/s1. The number of nitrogens with zero attached hydrogens (tertiary/aromatic N) is 1. The highest BCUT2D eigenvalue weighted by molar-refractivity contribution is 5.74. The smallest absolute Gasteiger partial charge is 0.318 e. The number of aliphatic hydroxyl groups excluding tert-OH is 1. The molecule has 2 saturated carbocycles. The number of fused-ring (bicyclic) bond motifs is 2. The molecule has 0 aromatic heterocycles. The number of carbonyl (C=O) groups is 1. The van der Waals surface area contributed by atoms with E-state index in [9.17, 15) is 9.90 Å². The summed E-state index contributed by atoms with van der Waals surface area (Å²) in [6.07, 6.45) is 3.54. The van der Waals surface area contributed by atoms with Gasteiger partial charge in [-0.1, -0.05) is 51.1 Å². The lowest BCUT2D eigenvalue weighted by molar-refractivity contribution is 0.114. The quantitative estimate of drug-likeness (QED) is 0.869. The van der Waals surface area contributed by atoms with Gasteiger partial charge in [0.1, 0.15) is 0 Å². The molecule has 2 bridgehead atoms. The molecule has 1 aromatic rings. The molecule has 2 N–H and O–H groups in total. The van der Waals surface area contributed by atoms with E-state index < -0.39 is 0 Å². The molecule has 0 aliphatic heterocycles. The van der Waals surface area contributed by atoms with Gasteiger partial charge in [0.15, 0.2) is 0 Å². The van der Waals surface area contributed by atoms with Gasteiger partial charge in [-0.2, -0.15) is 0 Å². The fraction of sp³-hybridized carbons (Fsp3) is 0.650. The second-order valence-corrected chi connectivity index (χ2v) is 8.24. The van der Waals surface area contributed by atoms with Gasteiger partial charge in [-0.25, -0.2) is 4.79 Å². The van der Waals surface area contributed by atoms with Crippen molar-refractivity contribution < 1.29 is 9.90 Å². The lowest BCUT2D eigenvalue weighted by atomic mass is 9.69. The average molecular weight is 330 g/mol. The molecule has 2 amide bonds. The summed E-state index contributed by atoms with van der Waals surface area (Å²) in [5.41, 5.74) is 1.54. The summed E-state index contributed by atoms with van der Waals surface area (Å²) in [6.45, 7) is 7.91. The first-order valence-electron chi connectivity index (χ1n) is 9.08. The zero-order chi connectivity index (χ0) is 17.4. The Labute approximate surface area is 145 Å². The highest BCUT2D eigenvalue weighted by atomic mass is 16.3. The van der Waals surface area contributed by atoms with Crippen LogP contribution in [0.5, 0.6) is 0 Å². The van der Waals surface area contributed by atoms with E-state index in [1.165, 1.54) is 12.8 Å². The molecular formula is C20H30N2O2. The number of amides is 2. The summed E-state index contributed by atoms with van der Waals surface area (Å²) in [4.78, 5) is 14.5. The minimum atomic E-state index is -0.0533. The van der Waals surface area contributed by atoms with E-state index in [-0.39, 0.29) is 29.5 Å². The summed E-state index contributed by atoms with van der Waals surface area (Å²) in [5, 5.41) is 12.6. The minimum Gasteiger partial charge on any atom is -0.395 e. The Morgan fingerprint density at radius 2 is 2.00 bits per heavy atom. The maximum atomic E-state index is 12.8. The van der Waals surface area contributed by atoms with Crippen molar-refractivity contribution in [2.75, 3.05) is 13.2 Å². The summed E-state index contributed by atoms with van der Waals surface area (Å²) in [7, 11) is 0. The van der Waals surface area contributed by atoms with Gasteiger partial charge in [0, 0.05) is 19.1 Å². The van der Waals surface area contributed by atoms with Crippen molar-refractivity contribution in [3.05, 3.63) is 35.9 Å². The topological polar surface area (TPSA) is 52.6 Å². The number of rotatable bonds is 5. The highest BCUT2D eigenvalue weighted by Gasteiger charge is 2.61. The number of carbonyl (C=O) groups excluding carboxylic acids is 1. The van der Waals surface area contributed by atoms with Crippen LogP contribution in [0.25, 0.3) is 0 Å². The monoisotopic (exact) mass is 330 g/mol. The van der Waals surface area contributed by atoms with Gasteiger partial charge in [0.2, 0.25) is 0 Å². The maximum Gasteiger partial charge on any atom is 0.318 e. The average Bonchev–Trinajstić information content (AvgIpc) is 2.89. The van der Waals surface area contributed by atoms with Gasteiger partial charge in [0.05, 0.1) is 6.61 Å². The van der Waals surface area contributed by atoms with E-state index in [4.69, 9.17) is 0 Å². The third kappa shape index (κ3) is 2.81. The Morgan fingerprint density at radius 3 is 2.54 bits per heavy atom. The van der Waals surface area contributed by atoms with Crippen LogP contribution in [0.15, 0.2) is 30.3 Å². The maximum absolute atomic E-state index is 12.8. The third-order valence-electron chi connectivity index (χ3n) is 6.97. The predicted molar refractivity (Wildman–Crippen MR) is 95.5 cm³/mol. The molecule has 0 saturated heterocycles. The molecule has 2 aliphatic carbocycles. The second kappa shape index (κ2) is 6.40. The first-order valence-corrected chi connectivity index (χ1v) is 9.08. The highest BCUT2D eigenvalue weighted by Crippen LogP contribution is 2.65.